The molecule has 94 valence electrons. The number of aromatic amines is 1. The quantitative estimate of drug-likeness (QED) is 0.664. The van der Waals surface area contributed by atoms with E-state index in [1.54, 1.807) is 0 Å². The molecule has 1 heterocycles. The molecule has 0 radical (unpaired) electrons. The Balaban J connectivity index is 1.97. The second kappa shape index (κ2) is 4.65. The first kappa shape index (κ1) is 11.6. The van der Waals surface area contributed by atoms with Crippen LogP contribution in [-0.2, 0) is 0 Å². The van der Waals surface area contributed by atoms with Gasteiger partial charge >= 0.3 is 0 Å². The molecule has 0 spiro atoms. The summed E-state index contributed by atoms with van der Waals surface area (Å²) in [6.07, 6.45) is 0. The molecule has 0 aliphatic carbocycles. The van der Waals surface area contributed by atoms with Crippen molar-refractivity contribution in [2.45, 2.75) is 13.8 Å². The maximum absolute atomic E-state index is 4.29. The lowest BCUT2D eigenvalue weighted by Gasteiger charge is -1.98. The third kappa shape index (κ3) is 2.25. The molecule has 0 aliphatic rings. The minimum absolute atomic E-state index is 0.813. The van der Waals surface area contributed by atoms with Crippen molar-refractivity contribution in [3.63, 3.8) is 0 Å². The van der Waals surface area contributed by atoms with Crippen molar-refractivity contribution in [2.75, 3.05) is 0 Å². The number of H-pyrrole nitrogens is 1. The van der Waals surface area contributed by atoms with Crippen LogP contribution in [0.25, 0.3) is 10.8 Å². The third-order valence-electron chi connectivity index (χ3n) is 3.09. The van der Waals surface area contributed by atoms with Crippen molar-refractivity contribution >= 4 is 22.1 Å². The third-order valence-corrected chi connectivity index (χ3v) is 3.09. The zero-order chi connectivity index (χ0) is 13.2. The van der Waals surface area contributed by atoms with Crippen molar-refractivity contribution < 1.29 is 0 Å². The largest absolute Gasteiger partial charge is 0.280 e. The fourth-order valence-corrected chi connectivity index (χ4v) is 2.04. The fourth-order valence-electron chi connectivity index (χ4n) is 2.04. The number of nitrogens with one attached hydrogen (secondary N) is 1. The van der Waals surface area contributed by atoms with Crippen LogP contribution in [0.1, 0.15) is 11.4 Å². The molecule has 0 saturated heterocycles. The van der Waals surface area contributed by atoms with E-state index in [-0.39, 0.29) is 0 Å². The van der Waals surface area contributed by atoms with Crippen LogP contribution in [0, 0.1) is 13.8 Å². The second-order valence-electron chi connectivity index (χ2n) is 4.51. The molecule has 19 heavy (non-hydrogen) atoms. The van der Waals surface area contributed by atoms with Crippen LogP contribution in [0.15, 0.2) is 52.7 Å². The number of azo groups is 1. The van der Waals surface area contributed by atoms with Gasteiger partial charge in [-0.15, -0.1) is 5.11 Å². The second-order valence-corrected chi connectivity index (χ2v) is 4.51. The minimum Gasteiger partial charge on any atom is -0.280 e. The Morgan fingerprint density at radius 3 is 2.47 bits per heavy atom. The lowest BCUT2D eigenvalue weighted by Crippen LogP contribution is -1.72. The predicted octanol–water partition coefficient (Wildman–Crippen LogP) is 4.60. The normalized spacial score (nSPS) is 11.5. The van der Waals surface area contributed by atoms with Crippen molar-refractivity contribution in [1.29, 1.82) is 0 Å². The number of aryl methyl sites for hydroxylation is 2. The number of rotatable bonds is 2. The minimum atomic E-state index is 0.813. The van der Waals surface area contributed by atoms with Gasteiger partial charge in [-0.2, -0.15) is 10.2 Å². The van der Waals surface area contributed by atoms with E-state index in [9.17, 15) is 0 Å². The van der Waals surface area contributed by atoms with Crippen LogP contribution in [0.3, 0.4) is 0 Å². The number of benzene rings is 2. The highest BCUT2D eigenvalue weighted by Crippen LogP contribution is 2.25. The molecule has 3 rings (SSSR count). The summed E-state index contributed by atoms with van der Waals surface area (Å²) in [4.78, 5) is 0. The smallest absolute Gasteiger partial charge is 0.129 e. The molecule has 0 bridgehead atoms. The average molecular weight is 250 g/mol. The Morgan fingerprint density at radius 2 is 1.74 bits per heavy atom. The molecule has 0 saturated carbocycles. The van der Waals surface area contributed by atoms with E-state index in [2.05, 4.69) is 38.6 Å². The summed E-state index contributed by atoms with van der Waals surface area (Å²) in [7, 11) is 0. The first-order valence-corrected chi connectivity index (χ1v) is 6.16. The molecule has 1 aromatic heterocycles. The van der Waals surface area contributed by atoms with E-state index in [1.165, 1.54) is 10.8 Å². The van der Waals surface area contributed by atoms with Crippen molar-refractivity contribution in [3.05, 3.63) is 53.9 Å². The Bertz CT molecular complexity index is 736. The Labute approximate surface area is 111 Å². The molecule has 0 amide bonds. The summed E-state index contributed by atoms with van der Waals surface area (Å²) in [5.41, 5.74) is 3.45. The van der Waals surface area contributed by atoms with Crippen LogP contribution in [0.2, 0.25) is 0 Å². The van der Waals surface area contributed by atoms with Gasteiger partial charge in [0.1, 0.15) is 5.69 Å². The number of hydrogen-bond acceptors (Lipinski definition) is 3. The van der Waals surface area contributed by atoms with Gasteiger partial charge in [0, 0.05) is 0 Å². The first-order chi connectivity index (χ1) is 9.24. The molecule has 0 aliphatic heterocycles. The topological polar surface area (TPSA) is 53.4 Å². The van der Waals surface area contributed by atoms with Gasteiger partial charge in [-0.3, -0.25) is 5.10 Å². The van der Waals surface area contributed by atoms with Crippen molar-refractivity contribution in [1.82, 2.24) is 10.2 Å². The van der Waals surface area contributed by atoms with Gasteiger partial charge in [-0.05, 0) is 36.8 Å². The summed E-state index contributed by atoms with van der Waals surface area (Å²) in [5, 5.41) is 17.9. The molecular weight excluding hydrogens is 236 g/mol. The highest BCUT2D eigenvalue weighted by Gasteiger charge is 2.04. The molecule has 2 aromatic carbocycles. The number of nitrogens with zero attached hydrogens (tertiary/aromatic N) is 3. The van der Waals surface area contributed by atoms with Crippen LogP contribution in [0.5, 0.6) is 0 Å². The summed E-state index contributed by atoms with van der Waals surface area (Å²) in [5.74, 6) is 0. The molecule has 0 atom stereocenters. The molecular formula is C15H14N4. The van der Waals surface area contributed by atoms with Crippen LogP contribution in [-0.4, -0.2) is 10.2 Å². The van der Waals surface area contributed by atoms with Gasteiger partial charge < -0.3 is 0 Å². The van der Waals surface area contributed by atoms with Crippen LogP contribution in [0.4, 0.5) is 11.4 Å². The van der Waals surface area contributed by atoms with Gasteiger partial charge in [0.25, 0.3) is 0 Å². The van der Waals surface area contributed by atoms with Crippen LogP contribution < -0.4 is 0 Å². The Kier molecular flexibility index (Phi) is 2.83. The zero-order valence-electron chi connectivity index (χ0n) is 10.9. The van der Waals surface area contributed by atoms with Gasteiger partial charge in [-0.1, -0.05) is 30.3 Å². The maximum Gasteiger partial charge on any atom is 0.129 e. The SMILES string of the molecule is Cc1n[nH]c(C)c1N=Nc1ccc2ccccc2c1. The van der Waals surface area contributed by atoms with E-state index in [0.717, 1.165) is 22.8 Å². The molecule has 3 aromatic rings. The van der Waals surface area contributed by atoms with Gasteiger partial charge in [-0.25, -0.2) is 0 Å². The monoisotopic (exact) mass is 250 g/mol. The maximum atomic E-state index is 4.29. The van der Waals surface area contributed by atoms with Gasteiger partial charge in [0.15, 0.2) is 0 Å². The van der Waals surface area contributed by atoms with E-state index < -0.39 is 0 Å². The average Bonchev–Trinajstić information content (AvgIpc) is 2.76. The summed E-state index contributed by atoms with van der Waals surface area (Å²) < 4.78 is 0. The van der Waals surface area contributed by atoms with E-state index >= 15 is 0 Å². The number of fused-ring (bicyclic) bond motifs is 1. The van der Waals surface area contributed by atoms with E-state index in [4.69, 9.17) is 0 Å². The summed E-state index contributed by atoms with van der Waals surface area (Å²) in [6, 6.07) is 14.3. The number of aromatic nitrogens is 2. The van der Waals surface area contributed by atoms with Gasteiger partial charge in [0.2, 0.25) is 0 Å². The highest BCUT2D eigenvalue weighted by atomic mass is 15.2. The molecule has 1 N–H and O–H groups in total. The van der Waals surface area contributed by atoms with Crippen molar-refractivity contribution in [3.8, 4) is 0 Å². The lowest BCUT2D eigenvalue weighted by molar-refractivity contribution is 1.02. The number of hydrogen-bond donors (Lipinski definition) is 1. The Hall–Kier alpha value is -2.49. The predicted molar refractivity (Wildman–Crippen MR) is 76.2 cm³/mol. The lowest BCUT2D eigenvalue weighted by atomic mass is 10.1. The first-order valence-electron chi connectivity index (χ1n) is 6.16. The zero-order valence-corrected chi connectivity index (χ0v) is 10.9. The fraction of sp³-hybridized carbons (Fsp3) is 0.133. The summed E-state index contributed by atoms with van der Waals surface area (Å²) >= 11 is 0. The molecule has 4 nitrogen and oxygen atoms in total. The van der Waals surface area contributed by atoms with Crippen molar-refractivity contribution in [2.24, 2.45) is 10.2 Å². The molecule has 4 heteroatoms. The van der Waals surface area contributed by atoms with E-state index in [1.807, 2.05) is 38.1 Å². The summed E-state index contributed by atoms with van der Waals surface area (Å²) in [6.45, 7) is 3.85. The van der Waals surface area contributed by atoms with Gasteiger partial charge in [0.05, 0.1) is 17.1 Å². The standard InChI is InChI=1S/C15H14N4/c1-10-15(11(2)17-16-10)19-18-14-8-7-12-5-3-4-6-13(12)9-14/h3-9H,1-2H3,(H,16,17). The Morgan fingerprint density at radius 1 is 0.947 bits per heavy atom. The van der Waals surface area contributed by atoms with Crippen LogP contribution >= 0.6 is 0 Å². The molecule has 0 unspecified atom stereocenters. The highest BCUT2D eigenvalue weighted by molar-refractivity contribution is 5.85. The molecule has 0 fully saturated rings. The van der Waals surface area contributed by atoms with E-state index in [0.29, 0.717) is 0 Å².